The fraction of sp³-hybridized carbons (Fsp3) is 0.500. The van der Waals surface area contributed by atoms with Gasteiger partial charge in [-0.3, -0.25) is 0 Å². The van der Waals surface area contributed by atoms with E-state index in [1.165, 1.54) is 23.3 Å². The van der Waals surface area contributed by atoms with Crippen LogP contribution in [0.4, 0.5) is 13.2 Å². The largest absolute Gasteiger partial charge is 0.416 e. The molecule has 1 aromatic carbocycles. The number of piperidine rings is 1. The van der Waals surface area contributed by atoms with Crippen molar-refractivity contribution in [3.63, 3.8) is 0 Å². The van der Waals surface area contributed by atoms with Gasteiger partial charge in [-0.1, -0.05) is 12.1 Å². The molecule has 1 saturated heterocycles. The lowest BCUT2D eigenvalue weighted by atomic mass is 9.87. The lowest BCUT2D eigenvalue weighted by Crippen LogP contribution is -2.36. The molecule has 2 aromatic rings. The highest BCUT2D eigenvalue weighted by molar-refractivity contribution is 5.28. The Morgan fingerprint density at radius 3 is 2.82 bits per heavy atom. The summed E-state index contributed by atoms with van der Waals surface area (Å²) in [6.07, 6.45) is -1.16. The Bertz CT molecular complexity index is 605. The van der Waals surface area contributed by atoms with Crippen molar-refractivity contribution in [1.29, 1.82) is 0 Å². The van der Waals surface area contributed by atoms with Crippen LogP contribution in [0.3, 0.4) is 0 Å². The van der Waals surface area contributed by atoms with E-state index in [9.17, 15) is 13.2 Å². The van der Waals surface area contributed by atoms with E-state index in [-0.39, 0.29) is 12.0 Å². The number of hydrogen-bond donors (Lipinski definition) is 1. The van der Waals surface area contributed by atoms with Gasteiger partial charge >= 0.3 is 6.18 Å². The molecule has 1 aliphatic heterocycles. The van der Waals surface area contributed by atoms with E-state index >= 15 is 0 Å². The van der Waals surface area contributed by atoms with E-state index < -0.39 is 11.7 Å². The fourth-order valence-corrected chi connectivity index (χ4v) is 2.94. The molecule has 0 aliphatic carbocycles. The van der Waals surface area contributed by atoms with Gasteiger partial charge in [0.25, 0.3) is 0 Å². The van der Waals surface area contributed by atoms with E-state index in [1.54, 1.807) is 6.07 Å². The van der Waals surface area contributed by atoms with Crippen molar-refractivity contribution in [3.05, 3.63) is 41.7 Å². The molecular weight excluding hydrogens is 295 g/mol. The van der Waals surface area contributed by atoms with Crippen LogP contribution in [-0.4, -0.2) is 33.3 Å². The van der Waals surface area contributed by atoms with Gasteiger partial charge in [0.2, 0.25) is 0 Å². The van der Waals surface area contributed by atoms with Crippen molar-refractivity contribution in [2.45, 2.75) is 25.1 Å². The van der Waals surface area contributed by atoms with Crippen LogP contribution in [0.5, 0.6) is 0 Å². The average Bonchev–Trinajstić information content (AvgIpc) is 3.02. The predicted molar refractivity (Wildman–Crippen MR) is 73.0 cm³/mol. The normalized spacial score (nSPS) is 20.8. The number of rotatable bonds is 3. The topological polar surface area (TPSA) is 55.6 Å². The number of nitrogens with one attached hydrogen (secondary N) is 1. The summed E-state index contributed by atoms with van der Waals surface area (Å²) in [5, 5.41) is 14.9. The SMILES string of the molecule is FC(F)(F)c1cccc([C@H](C2CCCNC2)n2ncnn2)c1. The van der Waals surface area contributed by atoms with Crippen molar-refractivity contribution in [3.8, 4) is 0 Å². The number of alkyl halides is 3. The highest BCUT2D eigenvalue weighted by Gasteiger charge is 2.33. The molecule has 1 fully saturated rings. The van der Waals surface area contributed by atoms with Crippen molar-refractivity contribution in [2.24, 2.45) is 5.92 Å². The van der Waals surface area contributed by atoms with Crippen molar-refractivity contribution < 1.29 is 13.2 Å². The molecule has 2 heterocycles. The lowest BCUT2D eigenvalue weighted by molar-refractivity contribution is -0.137. The number of tetrazole rings is 1. The maximum absolute atomic E-state index is 13.0. The number of benzene rings is 1. The zero-order valence-corrected chi connectivity index (χ0v) is 11.8. The van der Waals surface area contributed by atoms with Gasteiger partial charge in [0, 0.05) is 6.54 Å². The Labute approximate surface area is 125 Å². The molecule has 2 atom stereocenters. The highest BCUT2D eigenvalue weighted by atomic mass is 19.4. The first-order valence-corrected chi connectivity index (χ1v) is 7.16. The third-order valence-electron chi connectivity index (χ3n) is 3.95. The summed E-state index contributed by atoms with van der Waals surface area (Å²) in [5.74, 6) is 0.131. The first-order chi connectivity index (χ1) is 10.6. The molecule has 0 radical (unpaired) electrons. The number of halogens is 3. The Morgan fingerprint density at radius 2 is 2.18 bits per heavy atom. The van der Waals surface area contributed by atoms with Gasteiger partial charge in [-0.15, -0.1) is 10.2 Å². The standard InChI is InChI=1S/C14H16F3N5/c15-14(16,17)12-5-1-3-10(7-12)13(22-20-9-19-21-22)11-4-2-6-18-8-11/h1,3,5,7,9,11,13,18H,2,4,6,8H2/t11?,13-/m1/s1. The van der Waals surface area contributed by atoms with Gasteiger partial charge in [0.05, 0.1) is 5.56 Å². The van der Waals surface area contributed by atoms with E-state index in [0.717, 1.165) is 32.0 Å². The zero-order chi connectivity index (χ0) is 15.6. The number of hydrogen-bond acceptors (Lipinski definition) is 4. The molecule has 0 saturated carbocycles. The third-order valence-corrected chi connectivity index (χ3v) is 3.95. The smallest absolute Gasteiger partial charge is 0.316 e. The summed E-state index contributed by atoms with van der Waals surface area (Å²) in [6, 6.07) is 5.03. The van der Waals surface area contributed by atoms with Crippen LogP contribution in [0.2, 0.25) is 0 Å². The van der Waals surface area contributed by atoms with Crippen molar-refractivity contribution >= 4 is 0 Å². The second-order valence-electron chi connectivity index (χ2n) is 5.43. The van der Waals surface area contributed by atoms with E-state index in [0.29, 0.717) is 5.56 Å². The van der Waals surface area contributed by atoms with Crippen LogP contribution in [-0.2, 0) is 6.18 Å². The summed E-state index contributed by atoms with van der Waals surface area (Å²) >= 11 is 0. The van der Waals surface area contributed by atoms with Gasteiger partial charge in [-0.05, 0) is 48.2 Å². The molecule has 0 bridgehead atoms. The maximum atomic E-state index is 13.0. The van der Waals surface area contributed by atoms with Crippen LogP contribution in [0.25, 0.3) is 0 Å². The quantitative estimate of drug-likeness (QED) is 0.945. The Balaban J connectivity index is 1.99. The molecule has 5 nitrogen and oxygen atoms in total. The molecule has 0 amide bonds. The first-order valence-electron chi connectivity index (χ1n) is 7.16. The minimum Gasteiger partial charge on any atom is -0.316 e. The Kier molecular flexibility index (Phi) is 4.10. The number of nitrogens with zero attached hydrogens (tertiary/aromatic N) is 4. The van der Waals surface area contributed by atoms with Crippen LogP contribution < -0.4 is 5.32 Å². The molecule has 1 aromatic heterocycles. The van der Waals surface area contributed by atoms with Crippen LogP contribution >= 0.6 is 0 Å². The minimum atomic E-state index is -4.36. The summed E-state index contributed by atoms with van der Waals surface area (Å²) in [6.45, 7) is 1.65. The summed E-state index contributed by atoms with van der Waals surface area (Å²) < 4.78 is 38.9. The lowest BCUT2D eigenvalue weighted by Gasteiger charge is -2.30. The summed E-state index contributed by atoms with van der Waals surface area (Å²) in [4.78, 5) is 1.41. The molecule has 1 unspecified atom stereocenters. The van der Waals surface area contributed by atoms with Gasteiger partial charge in [-0.2, -0.15) is 18.0 Å². The van der Waals surface area contributed by atoms with Crippen LogP contribution in [0.15, 0.2) is 30.6 Å². The molecule has 118 valence electrons. The van der Waals surface area contributed by atoms with Crippen LogP contribution in [0, 0.1) is 5.92 Å². The van der Waals surface area contributed by atoms with E-state index in [2.05, 4.69) is 20.7 Å². The second-order valence-corrected chi connectivity index (χ2v) is 5.43. The maximum Gasteiger partial charge on any atom is 0.416 e. The van der Waals surface area contributed by atoms with Gasteiger partial charge in [-0.25, -0.2) is 0 Å². The van der Waals surface area contributed by atoms with Crippen molar-refractivity contribution in [1.82, 2.24) is 25.5 Å². The second kappa shape index (κ2) is 6.04. The predicted octanol–water partition coefficient (Wildman–Crippen LogP) is 2.28. The molecule has 8 heteroatoms. The van der Waals surface area contributed by atoms with Crippen LogP contribution in [0.1, 0.15) is 30.0 Å². The molecular formula is C14H16F3N5. The number of aromatic nitrogens is 4. The average molecular weight is 311 g/mol. The van der Waals surface area contributed by atoms with Gasteiger partial charge < -0.3 is 5.32 Å². The van der Waals surface area contributed by atoms with E-state index in [4.69, 9.17) is 0 Å². The zero-order valence-electron chi connectivity index (χ0n) is 11.8. The molecule has 1 aliphatic rings. The molecule has 3 rings (SSSR count). The molecule has 0 spiro atoms. The van der Waals surface area contributed by atoms with E-state index in [1.807, 2.05) is 0 Å². The molecule has 22 heavy (non-hydrogen) atoms. The Hall–Kier alpha value is -1.96. The fourth-order valence-electron chi connectivity index (χ4n) is 2.94. The molecule has 1 N–H and O–H groups in total. The first kappa shape index (κ1) is 15.0. The Morgan fingerprint density at radius 1 is 1.32 bits per heavy atom. The summed E-state index contributed by atoms with van der Waals surface area (Å²) in [7, 11) is 0. The van der Waals surface area contributed by atoms with Gasteiger partial charge in [0.15, 0.2) is 6.33 Å². The summed E-state index contributed by atoms with van der Waals surface area (Å²) in [5.41, 5.74) is -0.0968. The van der Waals surface area contributed by atoms with Crippen molar-refractivity contribution in [2.75, 3.05) is 13.1 Å². The third kappa shape index (κ3) is 3.11. The van der Waals surface area contributed by atoms with Gasteiger partial charge in [0.1, 0.15) is 6.04 Å². The minimum absolute atomic E-state index is 0.131. The highest BCUT2D eigenvalue weighted by Crippen LogP contribution is 2.34. The monoisotopic (exact) mass is 311 g/mol.